The summed E-state index contributed by atoms with van der Waals surface area (Å²) in [7, 11) is 0. The molecule has 0 fully saturated rings. The molecule has 0 amide bonds. The van der Waals surface area contributed by atoms with Crippen molar-refractivity contribution >= 4 is 44.4 Å². The van der Waals surface area contributed by atoms with Crippen LogP contribution in [0.25, 0.3) is 20.7 Å². The fourth-order valence-electron chi connectivity index (χ4n) is 1.52. The van der Waals surface area contributed by atoms with E-state index >= 15 is 0 Å². The Balaban J connectivity index is 2.27. The van der Waals surface area contributed by atoms with E-state index < -0.39 is 0 Å². The molecule has 0 aliphatic heterocycles. The largest absolute Gasteiger partial charge is 0.224 e. The molecule has 0 bridgehead atoms. The van der Waals surface area contributed by atoms with Gasteiger partial charge in [0, 0.05) is 26.4 Å². The number of hydrogen-bond acceptors (Lipinski definition) is 3. The smallest absolute Gasteiger partial charge is 0.140 e. The Morgan fingerprint density at radius 2 is 1.93 bits per heavy atom. The summed E-state index contributed by atoms with van der Waals surface area (Å²) >= 11 is 9.16. The lowest BCUT2D eigenvalue weighted by molar-refractivity contribution is 1.43. The molecule has 0 spiro atoms. The van der Waals surface area contributed by atoms with E-state index in [1.165, 1.54) is 15.6 Å². The van der Waals surface area contributed by atoms with Gasteiger partial charge in [0.15, 0.2) is 0 Å². The zero-order valence-corrected chi connectivity index (χ0v) is 9.99. The number of rotatable bonds is 1. The maximum Gasteiger partial charge on any atom is 0.140 e. The first-order valence-electron chi connectivity index (χ1n) is 4.42. The van der Waals surface area contributed by atoms with E-state index in [0.29, 0.717) is 5.15 Å². The summed E-state index contributed by atoms with van der Waals surface area (Å²) in [6, 6.07) is 8.35. The van der Waals surface area contributed by atoms with E-state index in [0.717, 1.165) is 5.01 Å². The van der Waals surface area contributed by atoms with Crippen LogP contribution in [0.5, 0.6) is 0 Å². The molecule has 0 aliphatic rings. The van der Waals surface area contributed by atoms with Crippen LogP contribution in [-0.2, 0) is 0 Å². The number of thiophene rings is 1. The molecule has 3 aromatic rings. The van der Waals surface area contributed by atoms with Crippen LogP contribution in [0.3, 0.4) is 0 Å². The Morgan fingerprint density at radius 3 is 2.73 bits per heavy atom. The van der Waals surface area contributed by atoms with Gasteiger partial charge in [-0.15, -0.1) is 22.7 Å². The molecule has 0 saturated carbocycles. The molecule has 15 heavy (non-hydrogen) atoms. The maximum atomic E-state index is 5.83. The first-order chi connectivity index (χ1) is 7.34. The van der Waals surface area contributed by atoms with Crippen molar-refractivity contribution < 1.29 is 0 Å². The van der Waals surface area contributed by atoms with Crippen LogP contribution in [0.4, 0.5) is 0 Å². The van der Waals surface area contributed by atoms with E-state index in [4.69, 9.17) is 11.6 Å². The van der Waals surface area contributed by atoms with Gasteiger partial charge in [0.05, 0.1) is 0 Å². The highest BCUT2D eigenvalue weighted by Crippen LogP contribution is 2.35. The van der Waals surface area contributed by atoms with Crippen LogP contribution in [0.1, 0.15) is 0 Å². The lowest BCUT2D eigenvalue weighted by Gasteiger charge is -1.92. The average molecular weight is 252 g/mol. The van der Waals surface area contributed by atoms with Crippen LogP contribution < -0.4 is 0 Å². The van der Waals surface area contributed by atoms with Gasteiger partial charge in [-0.25, -0.2) is 4.98 Å². The highest BCUT2D eigenvalue weighted by Gasteiger charge is 2.08. The summed E-state index contributed by atoms with van der Waals surface area (Å²) in [6.07, 6.45) is 0. The SMILES string of the molecule is Clc1csc(-c2csc3ccccc23)n1. The average Bonchev–Trinajstić information content (AvgIpc) is 2.83. The number of nitrogens with zero attached hydrogens (tertiary/aromatic N) is 1. The first kappa shape index (κ1) is 9.33. The molecule has 74 valence electrons. The summed E-state index contributed by atoms with van der Waals surface area (Å²) in [5.41, 5.74) is 1.19. The van der Waals surface area contributed by atoms with Crippen molar-refractivity contribution in [3.8, 4) is 10.6 Å². The molecule has 0 saturated heterocycles. The third-order valence-corrected chi connectivity index (χ3v) is 4.35. The molecule has 0 radical (unpaired) electrons. The quantitative estimate of drug-likeness (QED) is 0.612. The Hall–Kier alpha value is -0.900. The van der Waals surface area contributed by atoms with Crippen LogP contribution >= 0.6 is 34.3 Å². The third-order valence-electron chi connectivity index (χ3n) is 2.19. The topological polar surface area (TPSA) is 12.9 Å². The van der Waals surface area contributed by atoms with Crippen LogP contribution in [-0.4, -0.2) is 4.98 Å². The van der Waals surface area contributed by atoms with Gasteiger partial charge in [-0.1, -0.05) is 29.8 Å². The van der Waals surface area contributed by atoms with E-state index in [2.05, 4.69) is 28.6 Å². The summed E-state index contributed by atoms with van der Waals surface area (Å²) in [5.74, 6) is 0. The first-order valence-corrected chi connectivity index (χ1v) is 6.56. The minimum Gasteiger partial charge on any atom is -0.224 e. The zero-order valence-electron chi connectivity index (χ0n) is 7.61. The number of aromatic nitrogens is 1. The van der Waals surface area contributed by atoms with Crippen molar-refractivity contribution in [2.45, 2.75) is 0 Å². The van der Waals surface area contributed by atoms with Gasteiger partial charge < -0.3 is 0 Å². The van der Waals surface area contributed by atoms with Crippen molar-refractivity contribution in [2.75, 3.05) is 0 Å². The molecule has 0 atom stereocenters. The minimum atomic E-state index is 0.574. The van der Waals surface area contributed by atoms with Gasteiger partial charge in [0.1, 0.15) is 10.2 Å². The Labute approximate surface area is 100.0 Å². The van der Waals surface area contributed by atoms with Gasteiger partial charge in [-0.3, -0.25) is 0 Å². The van der Waals surface area contributed by atoms with Gasteiger partial charge >= 0.3 is 0 Å². The maximum absolute atomic E-state index is 5.83. The van der Waals surface area contributed by atoms with Gasteiger partial charge in [0.25, 0.3) is 0 Å². The standard InChI is InChI=1S/C11H6ClNS2/c12-10-6-15-11(13-10)8-5-14-9-4-2-1-3-7(8)9/h1-6H. The number of hydrogen-bond donors (Lipinski definition) is 0. The molecule has 2 aromatic heterocycles. The van der Waals surface area contributed by atoms with Gasteiger partial charge in [-0.2, -0.15) is 0 Å². The van der Waals surface area contributed by atoms with Crippen molar-refractivity contribution in [3.63, 3.8) is 0 Å². The number of halogens is 1. The van der Waals surface area contributed by atoms with E-state index in [9.17, 15) is 0 Å². The normalized spacial score (nSPS) is 11.0. The van der Waals surface area contributed by atoms with Crippen LogP contribution in [0.15, 0.2) is 35.0 Å². The van der Waals surface area contributed by atoms with Crippen LogP contribution in [0, 0.1) is 0 Å². The summed E-state index contributed by atoms with van der Waals surface area (Å²) in [5, 5.41) is 6.83. The Morgan fingerprint density at radius 1 is 1.07 bits per heavy atom. The zero-order chi connectivity index (χ0) is 10.3. The lowest BCUT2D eigenvalue weighted by Crippen LogP contribution is -1.72. The minimum absolute atomic E-state index is 0.574. The Bertz CT molecular complexity index is 612. The highest BCUT2D eigenvalue weighted by atomic mass is 35.5. The van der Waals surface area contributed by atoms with Crippen molar-refractivity contribution in [1.82, 2.24) is 4.98 Å². The second-order valence-electron chi connectivity index (χ2n) is 3.12. The summed E-state index contributed by atoms with van der Waals surface area (Å²) in [4.78, 5) is 4.29. The summed E-state index contributed by atoms with van der Waals surface area (Å²) < 4.78 is 1.29. The number of fused-ring (bicyclic) bond motifs is 1. The second kappa shape index (κ2) is 3.59. The molecule has 4 heteroatoms. The second-order valence-corrected chi connectivity index (χ2v) is 5.28. The molecule has 2 heterocycles. The number of thiazole rings is 1. The molecule has 1 aromatic carbocycles. The number of benzene rings is 1. The van der Waals surface area contributed by atoms with Gasteiger partial charge in [0.2, 0.25) is 0 Å². The van der Waals surface area contributed by atoms with E-state index in [1.807, 2.05) is 11.4 Å². The predicted octanol–water partition coefficient (Wildman–Crippen LogP) is 4.68. The monoisotopic (exact) mass is 251 g/mol. The van der Waals surface area contributed by atoms with Crippen molar-refractivity contribution in [2.24, 2.45) is 0 Å². The highest BCUT2D eigenvalue weighted by molar-refractivity contribution is 7.19. The lowest BCUT2D eigenvalue weighted by atomic mass is 10.2. The fraction of sp³-hybridized carbons (Fsp3) is 0. The van der Waals surface area contributed by atoms with Crippen molar-refractivity contribution in [1.29, 1.82) is 0 Å². The molecular weight excluding hydrogens is 246 g/mol. The van der Waals surface area contributed by atoms with Crippen LogP contribution in [0.2, 0.25) is 5.15 Å². The third kappa shape index (κ3) is 1.57. The molecule has 0 unspecified atom stereocenters. The van der Waals surface area contributed by atoms with Gasteiger partial charge in [-0.05, 0) is 6.07 Å². The van der Waals surface area contributed by atoms with Crippen molar-refractivity contribution in [3.05, 3.63) is 40.2 Å². The molecule has 3 rings (SSSR count). The molecule has 0 N–H and O–H groups in total. The van der Waals surface area contributed by atoms with E-state index in [-0.39, 0.29) is 0 Å². The predicted molar refractivity (Wildman–Crippen MR) is 67.9 cm³/mol. The molecular formula is C11H6ClNS2. The molecule has 1 nitrogen and oxygen atoms in total. The fourth-order valence-corrected chi connectivity index (χ4v) is 3.52. The molecule has 0 aliphatic carbocycles. The summed E-state index contributed by atoms with van der Waals surface area (Å²) in [6.45, 7) is 0. The van der Waals surface area contributed by atoms with E-state index in [1.54, 1.807) is 22.7 Å². The Kier molecular flexibility index (Phi) is 2.24.